The van der Waals surface area contributed by atoms with Gasteiger partial charge in [0.25, 0.3) is 0 Å². The second kappa shape index (κ2) is 5.05. The Morgan fingerprint density at radius 1 is 1.32 bits per heavy atom. The molecule has 0 radical (unpaired) electrons. The highest BCUT2D eigenvalue weighted by Crippen LogP contribution is 2.29. The Balaban J connectivity index is 2.46. The van der Waals surface area contributed by atoms with E-state index in [1.54, 1.807) is 30.3 Å². The van der Waals surface area contributed by atoms with Crippen molar-refractivity contribution in [2.75, 3.05) is 0 Å². The predicted octanol–water partition coefficient (Wildman–Crippen LogP) is 3.02. The summed E-state index contributed by atoms with van der Waals surface area (Å²) >= 11 is 0. The maximum absolute atomic E-state index is 12.5. The van der Waals surface area contributed by atoms with Crippen molar-refractivity contribution in [1.29, 1.82) is 0 Å². The lowest BCUT2D eigenvalue weighted by Crippen LogP contribution is -2.31. The summed E-state index contributed by atoms with van der Waals surface area (Å²) in [5.41, 5.74) is 5.98. The van der Waals surface area contributed by atoms with Crippen LogP contribution in [0.2, 0.25) is 0 Å². The van der Waals surface area contributed by atoms with Crippen LogP contribution < -0.4 is 10.5 Å². The molecular formula is C13H13F3N2O. The van der Waals surface area contributed by atoms with E-state index in [0.29, 0.717) is 11.1 Å². The minimum absolute atomic E-state index is 0.0385. The van der Waals surface area contributed by atoms with Gasteiger partial charge in [0, 0.05) is 11.9 Å². The number of halogens is 3. The molecule has 6 heteroatoms. The number of nitrogens with two attached hydrogens (primary N) is 1. The van der Waals surface area contributed by atoms with Crippen LogP contribution in [0.5, 0.6) is 5.88 Å². The van der Waals surface area contributed by atoms with Crippen molar-refractivity contribution in [3.05, 3.63) is 36.0 Å². The van der Waals surface area contributed by atoms with E-state index in [1.807, 2.05) is 0 Å². The molecule has 2 rings (SSSR count). The molecule has 0 fully saturated rings. The van der Waals surface area contributed by atoms with E-state index < -0.39 is 12.3 Å². The third-order valence-electron chi connectivity index (χ3n) is 2.72. The van der Waals surface area contributed by atoms with Crippen LogP contribution in [0.1, 0.15) is 12.6 Å². The molecule has 0 amide bonds. The molecule has 1 atom stereocenters. The first kappa shape index (κ1) is 13.6. The fourth-order valence-electron chi connectivity index (χ4n) is 1.65. The molecule has 2 N–H and O–H groups in total. The van der Waals surface area contributed by atoms with E-state index >= 15 is 0 Å². The van der Waals surface area contributed by atoms with Crippen LogP contribution in [0.3, 0.4) is 0 Å². The Morgan fingerprint density at radius 2 is 2.00 bits per heavy atom. The number of alkyl halides is 3. The zero-order chi connectivity index (χ0) is 14.0. The Labute approximate surface area is 108 Å². The van der Waals surface area contributed by atoms with Gasteiger partial charge >= 0.3 is 6.18 Å². The van der Waals surface area contributed by atoms with Crippen molar-refractivity contribution in [2.45, 2.75) is 25.7 Å². The zero-order valence-electron chi connectivity index (χ0n) is 10.2. The first-order valence-electron chi connectivity index (χ1n) is 5.74. The predicted molar refractivity (Wildman–Crippen MR) is 65.8 cm³/mol. The average Bonchev–Trinajstić information content (AvgIpc) is 2.37. The first-order valence-corrected chi connectivity index (χ1v) is 5.74. The van der Waals surface area contributed by atoms with Crippen LogP contribution in [-0.4, -0.2) is 17.3 Å². The normalized spacial score (nSPS) is 13.5. The summed E-state index contributed by atoms with van der Waals surface area (Å²) in [6.45, 7) is 1.09. The van der Waals surface area contributed by atoms with Gasteiger partial charge in [0.1, 0.15) is 0 Å². The molecule has 1 heterocycles. The first-order chi connectivity index (χ1) is 8.91. The van der Waals surface area contributed by atoms with Gasteiger partial charge in [0.05, 0.1) is 5.69 Å². The van der Waals surface area contributed by atoms with Gasteiger partial charge in [-0.05, 0) is 24.4 Å². The minimum Gasteiger partial charge on any atom is -0.465 e. The van der Waals surface area contributed by atoms with Crippen molar-refractivity contribution in [3.8, 4) is 5.88 Å². The number of fused-ring (bicyclic) bond motifs is 1. The molecule has 0 aliphatic carbocycles. The maximum atomic E-state index is 12.5. The molecular weight excluding hydrogens is 257 g/mol. The third-order valence-corrected chi connectivity index (χ3v) is 2.72. The van der Waals surface area contributed by atoms with E-state index in [0.717, 1.165) is 12.3 Å². The highest BCUT2D eigenvalue weighted by molar-refractivity contribution is 5.87. The molecule has 0 bridgehead atoms. The van der Waals surface area contributed by atoms with Gasteiger partial charge in [0.2, 0.25) is 5.88 Å². The number of ether oxygens (including phenoxy) is 1. The summed E-state index contributed by atoms with van der Waals surface area (Å²) < 4.78 is 42.6. The molecule has 0 saturated carbocycles. The number of aromatic nitrogens is 1. The minimum atomic E-state index is -4.43. The third kappa shape index (κ3) is 2.96. The van der Waals surface area contributed by atoms with E-state index in [1.165, 1.54) is 0 Å². The van der Waals surface area contributed by atoms with Crippen molar-refractivity contribution < 1.29 is 17.9 Å². The molecule has 0 aliphatic rings. The Hall–Kier alpha value is -1.82. The maximum Gasteiger partial charge on any atom is 0.425 e. The smallest absolute Gasteiger partial charge is 0.425 e. The molecule has 1 unspecified atom stereocenters. The highest BCUT2D eigenvalue weighted by atomic mass is 19.4. The van der Waals surface area contributed by atoms with Crippen molar-refractivity contribution in [1.82, 2.24) is 4.98 Å². The van der Waals surface area contributed by atoms with E-state index in [4.69, 9.17) is 10.5 Å². The largest absolute Gasteiger partial charge is 0.465 e. The monoisotopic (exact) mass is 270 g/mol. The molecule has 0 saturated heterocycles. The SMILES string of the molecule is CC(Oc1nc(CN)cc2ccccc12)C(F)(F)F. The molecule has 102 valence electrons. The van der Waals surface area contributed by atoms with Crippen LogP contribution >= 0.6 is 0 Å². The Morgan fingerprint density at radius 3 is 2.63 bits per heavy atom. The number of rotatable bonds is 3. The van der Waals surface area contributed by atoms with Crippen molar-refractivity contribution in [2.24, 2.45) is 5.73 Å². The van der Waals surface area contributed by atoms with Crippen LogP contribution in [0.4, 0.5) is 13.2 Å². The van der Waals surface area contributed by atoms with Gasteiger partial charge in [-0.3, -0.25) is 0 Å². The molecule has 0 spiro atoms. The highest BCUT2D eigenvalue weighted by Gasteiger charge is 2.38. The summed E-state index contributed by atoms with van der Waals surface area (Å²) in [6, 6.07) is 8.69. The number of hydrogen-bond donors (Lipinski definition) is 1. The quantitative estimate of drug-likeness (QED) is 0.932. The lowest BCUT2D eigenvalue weighted by molar-refractivity contribution is -0.189. The number of pyridine rings is 1. The average molecular weight is 270 g/mol. The summed E-state index contributed by atoms with van der Waals surface area (Å²) in [5, 5.41) is 1.29. The van der Waals surface area contributed by atoms with Crippen molar-refractivity contribution >= 4 is 10.8 Å². The van der Waals surface area contributed by atoms with Gasteiger partial charge in [-0.1, -0.05) is 18.2 Å². The second-order valence-corrected chi connectivity index (χ2v) is 4.15. The van der Waals surface area contributed by atoms with E-state index in [9.17, 15) is 13.2 Å². The van der Waals surface area contributed by atoms with E-state index in [-0.39, 0.29) is 12.4 Å². The van der Waals surface area contributed by atoms with Crippen LogP contribution in [0.25, 0.3) is 10.8 Å². The molecule has 2 aromatic rings. The van der Waals surface area contributed by atoms with Gasteiger partial charge in [-0.2, -0.15) is 13.2 Å². The van der Waals surface area contributed by atoms with Gasteiger partial charge < -0.3 is 10.5 Å². The molecule has 0 aliphatic heterocycles. The standard InChI is InChI=1S/C13H13F3N2O/c1-8(13(14,15)16)19-12-11-5-3-2-4-9(11)6-10(7-17)18-12/h2-6,8H,7,17H2,1H3. The van der Waals surface area contributed by atoms with Gasteiger partial charge in [-0.15, -0.1) is 0 Å². The van der Waals surface area contributed by atoms with Gasteiger partial charge in [0.15, 0.2) is 6.10 Å². The van der Waals surface area contributed by atoms with Crippen LogP contribution in [0, 0.1) is 0 Å². The fraction of sp³-hybridized carbons (Fsp3) is 0.308. The lowest BCUT2D eigenvalue weighted by atomic mass is 10.1. The summed E-state index contributed by atoms with van der Waals surface area (Å²) in [5.74, 6) is -0.0385. The molecule has 19 heavy (non-hydrogen) atoms. The number of nitrogens with zero attached hydrogens (tertiary/aromatic N) is 1. The summed E-state index contributed by atoms with van der Waals surface area (Å²) in [6.07, 6.45) is -6.35. The number of hydrogen-bond acceptors (Lipinski definition) is 3. The molecule has 1 aromatic heterocycles. The summed E-state index contributed by atoms with van der Waals surface area (Å²) in [7, 11) is 0. The summed E-state index contributed by atoms with van der Waals surface area (Å²) in [4.78, 5) is 4.03. The molecule has 3 nitrogen and oxygen atoms in total. The fourth-order valence-corrected chi connectivity index (χ4v) is 1.65. The Bertz CT molecular complexity index is 584. The number of benzene rings is 1. The zero-order valence-corrected chi connectivity index (χ0v) is 10.2. The van der Waals surface area contributed by atoms with Crippen LogP contribution in [0.15, 0.2) is 30.3 Å². The topological polar surface area (TPSA) is 48.1 Å². The molecule has 1 aromatic carbocycles. The van der Waals surface area contributed by atoms with Crippen LogP contribution in [-0.2, 0) is 6.54 Å². The lowest BCUT2D eigenvalue weighted by Gasteiger charge is -2.18. The van der Waals surface area contributed by atoms with E-state index in [2.05, 4.69) is 4.98 Å². The van der Waals surface area contributed by atoms with Gasteiger partial charge in [-0.25, -0.2) is 4.98 Å². The van der Waals surface area contributed by atoms with Crippen molar-refractivity contribution in [3.63, 3.8) is 0 Å². The Kier molecular flexibility index (Phi) is 3.61. The second-order valence-electron chi connectivity index (χ2n) is 4.15.